The van der Waals surface area contributed by atoms with Gasteiger partial charge in [0.25, 0.3) is 0 Å². The predicted molar refractivity (Wildman–Crippen MR) is 127 cm³/mol. The van der Waals surface area contributed by atoms with Gasteiger partial charge < -0.3 is 29.3 Å². The van der Waals surface area contributed by atoms with Crippen LogP contribution < -0.4 is 14.8 Å². The number of aromatic nitrogens is 2. The Morgan fingerprint density at radius 3 is 2.65 bits per heavy atom. The molecule has 2 aliphatic rings. The van der Waals surface area contributed by atoms with Gasteiger partial charge in [-0.15, -0.1) is 0 Å². The van der Waals surface area contributed by atoms with Gasteiger partial charge in [0.05, 0.1) is 30.6 Å². The van der Waals surface area contributed by atoms with Crippen molar-refractivity contribution in [3.05, 3.63) is 42.0 Å². The zero-order chi connectivity index (χ0) is 24.2. The van der Waals surface area contributed by atoms with Crippen molar-refractivity contribution in [2.75, 3.05) is 59.9 Å². The fraction of sp³-hybridized carbons (Fsp3) is 0.417. The Hall–Kier alpha value is -3.50. The summed E-state index contributed by atoms with van der Waals surface area (Å²) in [5.41, 5.74) is 1.16. The summed E-state index contributed by atoms with van der Waals surface area (Å²) in [6.45, 7) is 2.62. The third kappa shape index (κ3) is 4.87. The number of rotatable bonds is 9. The van der Waals surface area contributed by atoms with Gasteiger partial charge in [-0.05, 0) is 26.1 Å². The van der Waals surface area contributed by atoms with E-state index in [4.69, 9.17) is 14.2 Å². The molecule has 1 aromatic heterocycles. The number of hydrogen-bond acceptors (Lipinski definition) is 10. The number of nitrogens with zero attached hydrogens (tertiary/aromatic N) is 4. The molecule has 180 valence electrons. The Morgan fingerprint density at radius 2 is 1.94 bits per heavy atom. The first kappa shape index (κ1) is 23.7. The van der Waals surface area contributed by atoms with E-state index in [2.05, 4.69) is 20.2 Å². The van der Waals surface area contributed by atoms with Crippen LogP contribution in [-0.4, -0.2) is 92.0 Å². The number of likely N-dealkylation sites (N-methyl/N-ethyl adjacent to an activating group) is 2. The maximum atomic E-state index is 12.9. The van der Waals surface area contributed by atoms with Crippen LogP contribution in [0.3, 0.4) is 0 Å². The quantitative estimate of drug-likeness (QED) is 0.432. The number of hydrogen-bond donors (Lipinski definition) is 1. The molecule has 0 spiro atoms. The summed E-state index contributed by atoms with van der Waals surface area (Å²) in [7, 11) is 7.05. The summed E-state index contributed by atoms with van der Waals surface area (Å²) in [5.74, 6) is 0.900. The van der Waals surface area contributed by atoms with E-state index in [1.807, 2.05) is 19.0 Å². The van der Waals surface area contributed by atoms with Gasteiger partial charge in [-0.1, -0.05) is 0 Å². The number of nitrogens with one attached hydrogen (secondary N) is 1. The average Bonchev–Trinajstić information content (AvgIpc) is 3.27. The Bertz CT molecular complexity index is 1160. The molecule has 10 heteroatoms. The molecule has 2 heterocycles. The van der Waals surface area contributed by atoms with Crippen molar-refractivity contribution in [1.29, 1.82) is 0 Å². The topological polar surface area (TPSA) is 106 Å². The van der Waals surface area contributed by atoms with Crippen molar-refractivity contribution < 1.29 is 23.8 Å². The highest BCUT2D eigenvalue weighted by Gasteiger charge is 2.30. The number of fused-ring (bicyclic) bond motifs is 1. The molecule has 1 aliphatic heterocycles. The van der Waals surface area contributed by atoms with Gasteiger partial charge in [0, 0.05) is 50.3 Å². The number of anilines is 1. The lowest BCUT2D eigenvalue weighted by Gasteiger charge is -2.29. The lowest BCUT2D eigenvalue weighted by atomic mass is 10.0. The lowest BCUT2D eigenvalue weighted by molar-refractivity contribution is -0.116. The van der Waals surface area contributed by atoms with Crippen molar-refractivity contribution in [2.45, 2.75) is 12.5 Å². The van der Waals surface area contributed by atoms with Crippen LogP contribution in [0.4, 0.5) is 5.82 Å². The number of carbonyl (C=O) groups excluding carboxylic acids is 2. The number of ether oxygens (including phenoxy) is 3. The second-order valence-electron chi connectivity index (χ2n) is 8.34. The summed E-state index contributed by atoms with van der Waals surface area (Å²) in [5, 5.41) is 3.64. The van der Waals surface area contributed by atoms with Crippen molar-refractivity contribution >= 4 is 28.3 Å². The minimum absolute atomic E-state index is 0.157. The maximum Gasteiger partial charge on any atom is 0.204 e. The zero-order valence-corrected chi connectivity index (χ0v) is 19.8. The molecule has 0 amide bonds. The van der Waals surface area contributed by atoms with Gasteiger partial charge in [-0.3, -0.25) is 9.59 Å². The van der Waals surface area contributed by atoms with E-state index in [1.165, 1.54) is 25.6 Å². The number of allylic oxidation sites excluding steroid dienone is 2. The molecular formula is C24H29N5O5. The van der Waals surface area contributed by atoms with Crippen LogP contribution in [-0.2, 0) is 14.3 Å². The summed E-state index contributed by atoms with van der Waals surface area (Å²) in [6.07, 6.45) is 5.07. The van der Waals surface area contributed by atoms with Gasteiger partial charge in [0.1, 0.15) is 18.8 Å². The van der Waals surface area contributed by atoms with Crippen LogP contribution in [0.5, 0.6) is 11.5 Å². The smallest absolute Gasteiger partial charge is 0.204 e. The van der Waals surface area contributed by atoms with Crippen LogP contribution >= 0.6 is 0 Å². The number of ketones is 2. The van der Waals surface area contributed by atoms with E-state index in [0.717, 1.165) is 19.5 Å². The standard InChI is InChI=1S/C24H29N5O5/c1-28-6-5-15(13-28)29(2)19-12-20(30)18(10-21(19)31)27-24-16-9-22(33-4)23(34-8-7-32-3)11-17(16)25-14-26-24/h9-12,14-15H,5-8,13H2,1-4H3,(H,25,26,27). The first-order chi connectivity index (χ1) is 16.4. The fourth-order valence-corrected chi connectivity index (χ4v) is 4.15. The number of methoxy groups -OCH3 is 2. The summed E-state index contributed by atoms with van der Waals surface area (Å²) in [6, 6.07) is 3.68. The van der Waals surface area contributed by atoms with E-state index in [1.54, 1.807) is 19.2 Å². The highest BCUT2D eigenvalue weighted by molar-refractivity contribution is 6.21. The van der Waals surface area contributed by atoms with Crippen LogP contribution in [0.1, 0.15) is 6.42 Å². The van der Waals surface area contributed by atoms with Crippen LogP contribution in [0, 0.1) is 0 Å². The molecule has 34 heavy (non-hydrogen) atoms. The second-order valence-corrected chi connectivity index (χ2v) is 8.34. The summed E-state index contributed by atoms with van der Waals surface area (Å²) in [4.78, 5) is 38.5. The Kier molecular flexibility index (Phi) is 7.09. The highest BCUT2D eigenvalue weighted by atomic mass is 16.5. The van der Waals surface area contributed by atoms with Crippen molar-refractivity contribution in [1.82, 2.24) is 19.8 Å². The average molecular weight is 468 g/mol. The van der Waals surface area contributed by atoms with Gasteiger partial charge in [-0.2, -0.15) is 0 Å². The largest absolute Gasteiger partial charge is 0.493 e. The Morgan fingerprint density at radius 1 is 1.12 bits per heavy atom. The monoisotopic (exact) mass is 467 g/mol. The first-order valence-electron chi connectivity index (χ1n) is 11.1. The molecule has 0 bridgehead atoms. The number of benzene rings is 1. The zero-order valence-electron chi connectivity index (χ0n) is 19.8. The lowest BCUT2D eigenvalue weighted by Crippen LogP contribution is -2.37. The number of carbonyl (C=O) groups is 2. The molecular weight excluding hydrogens is 438 g/mol. The summed E-state index contributed by atoms with van der Waals surface area (Å²) >= 11 is 0. The Labute approximate surface area is 198 Å². The van der Waals surface area contributed by atoms with Gasteiger partial charge in [0.2, 0.25) is 11.6 Å². The van der Waals surface area contributed by atoms with E-state index in [0.29, 0.717) is 47.1 Å². The van der Waals surface area contributed by atoms with Crippen molar-refractivity contribution in [2.24, 2.45) is 0 Å². The normalized spacial score (nSPS) is 18.6. The highest BCUT2D eigenvalue weighted by Crippen LogP contribution is 2.34. The van der Waals surface area contributed by atoms with E-state index < -0.39 is 0 Å². The molecule has 2 aromatic rings. The maximum absolute atomic E-state index is 12.9. The molecule has 1 saturated heterocycles. The first-order valence-corrected chi connectivity index (χ1v) is 11.1. The second kappa shape index (κ2) is 10.2. The van der Waals surface area contributed by atoms with Gasteiger partial charge >= 0.3 is 0 Å². The Balaban J connectivity index is 1.56. The molecule has 1 aromatic carbocycles. The minimum Gasteiger partial charge on any atom is -0.493 e. The predicted octanol–water partition coefficient (Wildman–Crippen LogP) is 1.63. The van der Waals surface area contributed by atoms with Crippen molar-refractivity contribution in [3.8, 4) is 11.5 Å². The molecule has 0 radical (unpaired) electrons. The van der Waals surface area contributed by atoms with Crippen LogP contribution in [0.25, 0.3) is 10.9 Å². The van der Waals surface area contributed by atoms with Crippen LogP contribution in [0.2, 0.25) is 0 Å². The number of likely N-dealkylation sites (tertiary alicyclic amines) is 1. The minimum atomic E-state index is -0.286. The molecule has 0 saturated carbocycles. The van der Waals surface area contributed by atoms with E-state index >= 15 is 0 Å². The molecule has 1 unspecified atom stereocenters. The fourth-order valence-electron chi connectivity index (χ4n) is 4.15. The van der Waals surface area contributed by atoms with Gasteiger partial charge in [-0.25, -0.2) is 9.97 Å². The van der Waals surface area contributed by atoms with E-state index in [9.17, 15) is 9.59 Å². The third-order valence-corrected chi connectivity index (χ3v) is 6.07. The molecule has 10 nitrogen and oxygen atoms in total. The SMILES string of the molecule is COCCOc1cc2ncnc(NC3=CC(=O)C(N(C)C4CCN(C)C4)=CC3=O)c2cc1OC. The summed E-state index contributed by atoms with van der Waals surface area (Å²) < 4.78 is 16.2. The van der Waals surface area contributed by atoms with Gasteiger partial charge in [0.15, 0.2) is 11.5 Å². The molecule has 4 rings (SSSR count). The van der Waals surface area contributed by atoms with Crippen molar-refractivity contribution in [3.63, 3.8) is 0 Å². The van der Waals surface area contributed by atoms with Crippen LogP contribution in [0.15, 0.2) is 42.0 Å². The third-order valence-electron chi connectivity index (χ3n) is 6.07. The molecule has 1 aliphatic carbocycles. The molecule has 1 fully saturated rings. The molecule has 1 atom stereocenters. The molecule has 1 N–H and O–H groups in total. The van der Waals surface area contributed by atoms with E-state index in [-0.39, 0.29) is 23.3 Å².